The molecule has 0 aromatic heterocycles. The Morgan fingerprint density at radius 2 is 1.87 bits per heavy atom. The van der Waals surface area contributed by atoms with E-state index >= 15 is 0 Å². The number of carboxylic acid groups (broad SMARTS) is 1. The third-order valence-corrected chi connectivity index (χ3v) is 5.37. The molecule has 1 N–H and O–H groups in total. The fourth-order valence-electron chi connectivity index (χ4n) is 3.54. The molecule has 2 aliphatic rings. The Kier molecular flexibility index (Phi) is 6.03. The maximum absolute atomic E-state index is 11.8. The van der Waals surface area contributed by atoms with Crippen molar-refractivity contribution in [3.63, 3.8) is 0 Å². The maximum atomic E-state index is 11.8. The Labute approximate surface area is 137 Å². The van der Waals surface area contributed by atoms with Crippen LogP contribution in [0.15, 0.2) is 0 Å². The molecule has 0 aliphatic heterocycles. The lowest BCUT2D eigenvalue weighted by atomic mass is 9.86. The Balaban J connectivity index is 1.62. The fourth-order valence-corrected chi connectivity index (χ4v) is 3.54. The normalized spacial score (nSPS) is 29.7. The summed E-state index contributed by atoms with van der Waals surface area (Å²) in [6.45, 7) is 6.13. The number of hydrogen-bond donors (Lipinski definition) is 1. The number of esters is 1. The number of carboxylic acids is 1. The molecule has 0 aromatic carbocycles. The third kappa shape index (κ3) is 4.23. The van der Waals surface area contributed by atoms with Gasteiger partial charge in [-0.25, -0.2) is 0 Å². The second-order valence-electron chi connectivity index (χ2n) is 7.23. The smallest absolute Gasteiger partial charge is 0.311 e. The van der Waals surface area contributed by atoms with E-state index in [0.29, 0.717) is 5.92 Å². The number of fused-ring (bicyclic) bond motifs is 2. The van der Waals surface area contributed by atoms with Crippen molar-refractivity contribution in [1.29, 1.82) is 0 Å². The largest absolute Gasteiger partial charge is 0.481 e. The summed E-state index contributed by atoms with van der Waals surface area (Å²) in [5, 5.41) is 9.33. The number of hydrogen-bond acceptors (Lipinski definition) is 5. The van der Waals surface area contributed by atoms with Gasteiger partial charge in [0.25, 0.3) is 0 Å². The minimum Gasteiger partial charge on any atom is -0.481 e. The monoisotopic (exact) mass is 328 g/mol. The highest BCUT2D eigenvalue weighted by molar-refractivity contribution is 5.75. The van der Waals surface area contributed by atoms with Crippen LogP contribution in [0.25, 0.3) is 0 Å². The van der Waals surface area contributed by atoms with Crippen molar-refractivity contribution in [2.75, 3.05) is 20.0 Å². The highest BCUT2D eigenvalue weighted by atomic mass is 16.7. The molecule has 0 amide bonds. The average Bonchev–Trinajstić information content (AvgIpc) is 3.11. The predicted molar refractivity (Wildman–Crippen MR) is 82.7 cm³/mol. The minimum absolute atomic E-state index is 0.0480. The summed E-state index contributed by atoms with van der Waals surface area (Å²) < 4.78 is 16.2. The van der Waals surface area contributed by atoms with E-state index in [1.54, 1.807) is 0 Å². The van der Waals surface area contributed by atoms with Crippen molar-refractivity contribution in [3.05, 3.63) is 0 Å². The molecule has 2 fully saturated rings. The topological polar surface area (TPSA) is 82.1 Å². The summed E-state index contributed by atoms with van der Waals surface area (Å²) in [5.41, 5.74) is -0.478. The van der Waals surface area contributed by atoms with E-state index in [2.05, 4.69) is 0 Å². The Hall–Kier alpha value is -1.14. The molecular weight excluding hydrogens is 300 g/mol. The van der Waals surface area contributed by atoms with Crippen LogP contribution in [0, 0.1) is 23.2 Å². The van der Waals surface area contributed by atoms with Gasteiger partial charge < -0.3 is 19.3 Å². The molecule has 6 nitrogen and oxygen atoms in total. The quantitative estimate of drug-likeness (QED) is 0.398. The van der Waals surface area contributed by atoms with Gasteiger partial charge in [0.1, 0.15) is 13.4 Å². The van der Waals surface area contributed by atoms with Crippen LogP contribution >= 0.6 is 0 Å². The predicted octanol–water partition coefficient (Wildman–Crippen LogP) is 2.46. The van der Waals surface area contributed by atoms with Crippen LogP contribution in [-0.2, 0) is 23.8 Å². The van der Waals surface area contributed by atoms with E-state index in [0.717, 1.165) is 25.7 Å². The molecule has 23 heavy (non-hydrogen) atoms. The summed E-state index contributed by atoms with van der Waals surface area (Å²) in [5.74, 6) is -0.811. The minimum atomic E-state index is -0.766. The van der Waals surface area contributed by atoms with E-state index in [9.17, 15) is 14.7 Å². The average molecular weight is 328 g/mol. The first kappa shape index (κ1) is 18.2. The van der Waals surface area contributed by atoms with Crippen LogP contribution in [-0.4, -0.2) is 43.2 Å². The third-order valence-electron chi connectivity index (χ3n) is 5.37. The van der Waals surface area contributed by atoms with Crippen molar-refractivity contribution >= 4 is 11.9 Å². The van der Waals surface area contributed by atoms with Crippen molar-refractivity contribution in [2.24, 2.45) is 23.2 Å². The Bertz CT molecular complexity index is 433. The van der Waals surface area contributed by atoms with Gasteiger partial charge in [-0.1, -0.05) is 6.92 Å². The second kappa shape index (κ2) is 7.62. The second-order valence-corrected chi connectivity index (χ2v) is 7.23. The SMILES string of the molecule is CCC(C)(C)C(=O)OCCOCOC1C2CCC(C2)C1C(=O)O. The van der Waals surface area contributed by atoms with Crippen LogP contribution in [0.1, 0.15) is 46.5 Å². The number of aliphatic carboxylic acids is 1. The summed E-state index contributed by atoms with van der Waals surface area (Å²) in [6, 6.07) is 0. The number of ether oxygens (including phenoxy) is 3. The van der Waals surface area contributed by atoms with Gasteiger partial charge in [0.05, 0.1) is 24.0 Å². The van der Waals surface area contributed by atoms with Crippen molar-refractivity contribution in [1.82, 2.24) is 0 Å². The molecular formula is C17H28O6. The molecule has 2 rings (SSSR count). The molecule has 0 spiro atoms. The molecule has 132 valence electrons. The fraction of sp³-hybridized carbons (Fsp3) is 0.882. The molecule has 2 aliphatic carbocycles. The maximum Gasteiger partial charge on any atom is 0.311 e. The van der Waals surface area contributed by atoms with E-state index < -0.39 is 17.3 Å². The molecule has 2 bridgehead atoms. The molecule has 4 atom stereocenters. The molecule has 0 radical (unpaired) electrons. The van der Waals surface area contributed by atoms with Crippen LogP contribution in [0.2, 0.25) is 0 Å². The van der Waals surface area contributed by atoms with E-state index in [1.165, 1.54) is 0 Å². The highest BCUT2D eigenvalue weighted by Crippen LogP contribution is 2.49. The summed E-state index contributed by atoms with van der Waals surface area (Å²) in [6.07, 6.45) is 3.46. The van der Waals surface area contributed by atoms with Crippen LogP contribution in [0.3, 0.4) is 0 Å². The Morgan fingerprint density at radius 1 is 1.17 bits per heavy atom. The first-order chi connectivity index (χ1) is 10.9. The summed E-state index contributed by atoms with van der Waals surface area (Å²) in [7, 11) is 0. The van der Waals surface area contributed by atoms with E-state index in [4.69, 9.17) is 14.2 Å². The van der Waals surface area contributed by atoms with Crippen molar-refractivity contribution in [2.45, 2.75) is 52.6 Å². The van der Waals surface area contributed by atoms with Gasteiger partial charge in [-0.05, 0) is 51.4 Å². The van der Waals surface area contributed by atoms with Crippen LogP contribution in [0.4, 0.5) is 0 Å². The van der Waals surface area contributed by atoms with Crippen molar-refractivity contribution < 1.29 is 28.9 Å². The van der Waals surface area contributed by atoms with E-state index in [-0.39, 0.29) is 38.0 Å². The van der Waals surface area contributed by atoms with Crippen molar-refractivity contribution in [3.8, 4) is 0 Å². The summed E-state index contributed by atoms with van der Waals surface area (Å²) >= 11 is 0. The molecule has 4 unspecified atom stereocenters. The van der Waals surface area contributed by atoms with E-state index in [1.807, 2.05) is 20.8 Å². The van der Waals surface area contributed by atoms with Gasteiger partial charge in [0.2, 0.25) is 0 Å². The zero-order chi connectivity index (χ0) is 17.0. The lowest BCUT2D eigenvalue weighted by Crippen LogP contribution is -2.36. The standard InChI is InChI=1S/C17H28O6/c1-4-17(2,3)16(20)22-8-7-21-10-23-14-12-6-5-11(9-12)13(14)15(18)19/h11-14H,4-10H2,1-3H3,(H,18,19). The molecule has 0 aromatic rings. The first-order valence-corrected chi connectivity index (χ1v) is 8.46. The number of carbonyl (C=O) groups excluding carboxylic acids is 1. The zero-order valence-corrected chi connectivity index (χ0v) is 14.2. The van der Waals surface area contributed by atoms with Crippen LogP contribution < -0.4 is 0 Å². The van der Waals surface area contributed by atoms with Gasteiger partial charge >= 0.3 is 11.9 Å². The summed E-state index contributed by atoms with van der Waals surface area (Å²) in [4.78, 5) is 23.1. The molecule has 6 heteroatoms. The lowest BCUT2D eigenvalue weighted by Gasteiger charge is -2.27. The lowest BCUT2D eigenvalue weighted by molar-refractivity contribution is -0.166. The van der Waals surface area contributed by atoms with Gasteiger partial charge in [-0.3, -0.25) is 9.59 Å². The number of rotatable bonds is 9. The zero-order valence-electron chi connectivity index (χ0n) is 14.2. The van der Waals surface area contributed by atoms with Gasteiger partial charge in [0, 0.05) is 0 Å². The van der Waals surface area contributed by atoms with Gasteiger partial charge in [-0.15, -0.1) is 0 Å². The molecule has 0 heterocycles. The highest BCUT2D eigenvalue weighted by Gasteiger charge is 2.51. The van der Waals surface area contributed by atoms with Gasteiger partial charge in [-0.2, -0.15) is 0 Å². The Morgan fingerprint density at radius 3 is 2.52 bits per heavy atom. The van der Waals surface area contributed by atoms with Crippen LogP contribution in [0.5, 0.6) is 0 Å². The molecule has 2 saturated carbocycles. The van der Waals surface area contributed by atoms with Gasteiger partial charge in [0.15, 0.2) is 0 Å². The number of carbonyl (C=O) groups is 2. The first-order valence-electron chi connectivity index (χ1n) is 8.46. The molecule has 0 saturated heterocycles.